The van der Waals surface area contributed by atoms with Crippen LogP contribution in [0.1, 0.15) is 92.5 Å². The molecule has 49 heavy (non-hydrogen) atoms. The van der Waals surface area contributed by atoms with E-state index in [0.29, 0.717) is 12.5 Å². The van der Waals surface area contributed by atoms with Crippen molar-refractivity contribution in [1.29, 1.82) is 0 Å². The molecule has 10 nitrogen and oxygen atoms in total. The maximum atomic E-state index is 14.6. The van der Waals surface area contributed by atoms with Crippen molar-refractivity contribution in [1.82, 2.24) is 23.4 Å². The van der Waals surface area contributed by atoms with Crippen LogP contribution in [0, 0.1) is 5.41 Å². The number of hydrogen-bond acceptors (Lipinski definition) is 6. The maximum Gasteiger partial charge on any atom is 0.303 e. The van der Waals surface area contributed by atoms with Gasteiger partial charge in [-0.25, -0.2) is 4.72 Å². The summed E-state index contributed by atoms with van der Waals surface area (Å²) < 4.78 is 36.2. The number of methoxy groups -OCH3 is 1. The lowest BCUT2D eigenvalue weighted by atomic mass is 9.81. The van der Waals surface area contributed by atoms with Gasteiger partial charge in [-0.1, -0.05) is 25.3 Å². The lowest BCUT2D eigenvalue weighted by Gasteiger charge is -2.32. The molecule has 4 aliphatic rings. The normalized spacial score (nSPS) is 21.5. The van der Waals surface area contributed by atoms with Crippen LogP contribution in [0.25, 0.3) is 22.2 Å². The van der Waals surface area contributed by atoms with E-state index in [-0.39, 0.29) is 17.5 Å². The number of nitrogens with one attached hydrogen (secondary N) is 1. The highest BCUT2D eigenvalue weighted by molar-refractivity contribution is 7.87. The van der Waals surface area contributed by atoms with Crippen LogP contribution in [0.15, 0.2) is 42.5 Å². The highest BCUT2D eigenvalue weighted by Crippen LogP contribution is 2.53. The maximum absolute atomic E-state index is 14.6. The zero-order chi connectivity index (χ0) is 34.3. The highest BCUT2D eigenvalue weighted by Gasteiger charge is 2.54. The number of carbonyl (C=O) groups is 2. The van der Waals surface area contributed by atoms with E-state index in [2.05, 4.69) is 31.2 Å². The number of hydrogen-bond donors (Lipinski definition) is 1. The monoisotopic (exact) mass is 689 g/mol. The molecule has 1 atom stereocenters. The van der Waals surface area contributed by atoms with Gasteiger partial charge in [0.05, 0.1) is 18.2 Å². The third kappa shape index (κ3) is 6.73. The van der Waals surface area contributed by atoms with Crippen LogP contribution in [0.5, 0.6) is 5.75 Å². The zero-order valence-electron chi connectivity index (χ0n) is 29.2. The van der Waals surface area contributed by atoms with E-state index >= 15 is 0 Å². The van der Waals surface area contributed by atoms with Crippen molar-refractivity contribution >= 4 is 32.9 Å². The molecular weight excluding hydrogens is 639 g/mol. The lowest BCUT2D eigenvalue weighted by molar-refractivity contribution is -0.138. The predicted molar refractivity (Wildman–Crippen MR) is 192 cm³/mol. The molecule has 2 saturated carbocycles. The molecule has 2 amide bonds. The van der Waals surface area contributed by atoms with Crippen molar-refractivity contribution in [3.63, 3.8) is 0 Å². The van der Waals surface area contributed by atoms with E-state index in [9.17, 15) is 18.0 Å². The van der Waals surface area contributed by atoms with Gasteiger partial charge in [0.1, 0.15) is 5.75 Å². The molecule has 2 aliphatic carbocycles. The Labute approximate surface area is 290 Å². The number of carbonyl (C=O) groups excluding carboxylic acids is 2. The van der Waals surface area contributed by atoms with Crippen molar-refractivity contribution in [2.75, 3.05) is 47.4 Å². The smallest absolute Gasteiger partial charge is 0.303 e. The molecular formula is C38H51N5O5S. The summed E-state index contributed by atoms with van der Waals surface area (Å²) in [6, 6.07) is 14.0. The summed E-state index contributed by atoms with van der Waals surface area (Å²) in [6.07, 6.45) is 12.0. The molecule has 2 aliphatic heterocycles. The van der Waals surface area contributed by atoms with Gasteiger partial charge < -0.3 is 19.1 Å². The summed E-state index contributed by atoms with van der Waals surface area (Å²) in [5.41, 5.74) is 4.05. The Balaban J connectivity index is 1.33. The number of ether oxygens (including phenoxy) is 1. The number of benzene rings is 2. The van der Waals surface area contributed by atoms with Crippen molar-refractivity contribution in [2.45, 2.75) is 89.1 Å². The standard InChI is InChI=1S/C38H51N5O5S/c1-40(2)49(46,47)39-36(44)29-15-18-32-33(24-29)43(35(28-13-16-31(48-3)17-14-28)34(32)27-10-5-4-6-11-27)26-38(19-20-38)37(45)42-23-9-12-30(42)25-41-21-7-8-22-41/h13-18,24,27,30H,4-12,19-23,25-26H2,1-3H3,(H,39,44). The molecule has 4 fully saturated rings. The van der Waals surface area contributed by atoms with Gasteiger partial charge in [0.15, 0.2) is 0 Å². The largest absolute Gasteiger partial charge is 0.497 e. The van der Waals surface area contributed by atoms with Crippen molar-refractivity contribution < 1.29 is 22.7 Å². The van der Waals surface area contributed by atoms with E-state index < -0.39 is 21.5 Å². The Morgan fingerprint density at radius 3 is 2.29 bits per heavy atom. The third-order valence-electron chi connectivity index (χ3n) is 11.5. The molecule has 3 heterocycles. The van der Waals surface area contributed by atoms with Crippen LogP contribution in [0.2, 0.25) is 0 Å². The first-order chi connectivity index (χ1) is 23.6. The fourth-order valence-electron chi connectivity index (χ4n) is 8.57. The molecule has 3 aromatic rings. The number of amides is 2. The van der Waals surface area contributed by atoms with Crippen molar-refractivity contribution in [3.8, 4) is 17.0 Å². The summed E-state index contributed by atoms with van der Waals surface area (Å²) in [4.78, 5) is 32.8. The predicted octanol–water partition coefficient (Wildman–Crippen LogP) is 5.77. The Morgan fingerprint density at radius 1 is 0.918 bits per heavy atom. The van der Waals surface area contributed by atoms with Gasteiger partial charge >= 0.3 is 10.2 Å². The molecule has 0 spiro atoms. The van der Waals surface area contributed by atoms with Gasteiger partial charge in [-0.2, -0.15) is 12.7 Å². The topological polar surface area (TPSA) is 104 Å². The van der Waals surface area contributed by atoms with Gasteiger partial charge in [0.2, 0.25) is 5.91 Å². The molecule has 0 bridgehead atoms. The number of likely N-dealkylation sites (tertiary alicyclic amines) is 2. The quantitative estimate of drug-likeness (QED) is 0.274. The Hall–Kier alpha value is -3.41. The molecule has 11 heteroatoms. The molecule has 2 saturated heterocycles. The fraction of sp³-hybridized carbons (Fsp3) is 0.579. The summed E-state index contributed by atoms with van der Waals surface area (Å²) in [6.45, 7) is 4.55. The van der Waals surface area contributed by atoms with Crippen LogP contribution in [0.3, 0.4) is 0 Å². The third-order valence-corrected chi connectivity index (χ3v) is 12.9. The summed E-state index contributed by atoms with van der Waals surface area (Å²) in [5, 5.41) is 1.07. The first-order valence-corrected chi connectivity index (χ1v) is 19.6. The summed E-state index contributed by atoms with van der Waals surface area (Å²) in [7, 11) is 0.481. The van der Waals surface area contributed by atoms with Crippen LogP contribution in [0.4, 0.5) is 0 Å². The SMILES string of the molecule is COc1ccc(-c2c(C3CCCCC3)c3ccc(C(=O)NS(=O)(=O)N(C)C)cc3n2CC2(C(=O)N3CCCC3CN3CCCC3)CC2)cc1. The van der Waals surface area contributed by atoms with Gasteiger partial charge in [0.25, 0.3) is 5.91 Å². The molecule has 1 N–H and O–H groups in total. The van der Waals surface area contributed by atoms with Crippen molar-refractivity contribution in [3.05, 3.63) is 53.6 Å². The second kappa shape index (κ2) is 13.7. The highest BCUT2D eigenvalue weighted by atomic mass is 32.2. The van der Waals surface area contributed by atoms with Crippen LogP contribution < -0.4 is 9.46 Å². The van der Waals surface area contributed by atoms with Crippen molar-refractivity contribution in [2.24, 2.45) is 5.41 Å². The Bertz CT molecular complexity index is 1800. The van der Waals surface area contributed by atoms with E-state index in [4.69, 9.17) is 4.74 Å². The minimum Gasteiger partial charge on any atom is -0.497 e. The fourth-order valence-corrected chi connectivity index (χ4v) is 9.10. The lowest BCUT2D eigenvalue weighted by Crippen LogP contribution is -2.46. The average Bonchev–Trinajstić information content (AvgIpc) is 3.39. The van der Waals surface area contributed by atoms with E-state index in [1.54, 1.807) is 13.2 Å². The second-order valence-corrected chi connectivity index (χ2v) is 16.8. The summed E-state index contributed by atoms with van der Waals surface area (Å²) >= 11 is 0. The number of aromatic nitrogens is 1. The van der Waals surface area contributed by atoms with E-state index in [1.165, 1.54) is 38.9 Å². The molecule has 7 rings (SSSR count). The minimum absolute atomic E-state index is 0.261. The number of fused-ring (bicyclic) bond motifs is 1. The number of nitrogens with zero attached hydrogens (tertiary/aromatic N) is 4. The molecule has 1 aromatic heterocycles. The second-order valence-electron chi connectivity index (χ2n) is 14.9. The van der Waals surface area contributed by atoms with Crippen LogP contribution in [-0.4, -0.2) is 92.3 Å². The Morgan fingerprint density at radius 2 is 1.63 bits per heavy atom. The first kappa shape index (κ1) is 34.1. The molecule has 2 aromatic carbocycles. The minimum atomic E-state index is -3.97. The first-order valence-electron chi connectivity index (χ1n) is 18.2. The van der Waals surface area contributed by atoms with E-state index in [1.807, 2.05) is 24.3 Å². The molecule has 264 valence electrons. The average molecular weight is 690 g/mol. The Kier molecular flexibility index (Phi) is 9.53. The van der Waals surface area contributed by atoms with Crippen LogP contribution >= 0.6 is 0 Å². The van der Waals surface area contributed by atoms with Crippen LogP contribution in [-0.2, 0) is 21.5 Å². The van der Waals surface area contributed by atoms with E-state index in [0.717, 1.165) is 110 Å². The molecule has 1 unspecified atom stereocenters. The van der Waals surface area contributed by atoms with Gasteiger partial charge in [-0.05, 0) is 118 Å². The van der Waals surface area contributed by atoms with Gasteiger partial charge in [0, 0.05) is 56.2 Å². The zero-order valence-corrected chi connectivity index (χ0v) is 30.1. The molecule has 0 radical (unpaired) electrons. The van der Waals surface area contributed by atoms with Gasteiger partial charge in [-0.15, -0.1) is 0 Å². The van der Waals surface area contributed by atoms with Gasteiger partial charge in [-0.3, -0.25) is 9.59 Å². The summed E-state index contributed by atoms with van der Waals surface area (Å²) in [5.74, 6) is 0.714. The number of rotatable bonds is 11.